The minimum atomic E-state index is -0.779. The number of carboxylic acid groups (broad SMARTS) is 1. The molecule has 1 unspecified atom stereocenters. The Morgan fingerprint density at radius 2 is 2.12 bits per heavy atom. The lowest BCUT2D eigenvalue weighted by Crippen LogP contribution is -2.25. The van der Waals surface area contributed by atoms with E-state index in [-0.39, 0.29) is 12.5 Å². The molecule has 0 saturated carbocycles. The first-order chi connectivity index (χ1) is 7.52. The van der Waals surface area contributed by atoms with E-state index in [1.807, 2.05) is 43.1 Å². The third kappa shape index (κ3) is 3.51. The van der Waals surface area contributed by atoms with Gasteiger partial charge in [-0.3, -0.25) is 9.69 Å². The summed E-state index contributed by atoms with van der Waals surface area (Å²) in [5.41, 5.74) is 1.03. The van der Waals surface area contributed by atoms with E-state index in [0.717, 1.165) is 10.6 Å². The van der Waals surface area contributed by atoms with Crippen LogP contribution in [-0.4, -0.2) is 29.6 Å². The van der Waals surface area contributed by atoms with Crippen molar-refractivity contribution in [3.63, 3.8) is 0 Å². The Bertz CT molecular complexity index is 368. The van der Waals surface area contributed by atoms with Crippen LogP contribution in [0.25, 0.3) is 0 Å². The van der Waals surface area contributed by atoms with Crippen LogP contribution in [0.1, 0.15) is 24.9 Å². The molecule has 1 N–H and O–H groups in total. The summed E-state index contributed by atoms with van der Waals surface area (Å²) < 4.78 is 0. The number of halogens is 1. The second-order valence-electron chi connectivity index (χ2n) is 3.82. The molecular formula is C12H16ClNO2. The SMILES string of the molecule is CC(c1ccccc1Cl)N(C)CCC(=O)O. The lowest BCUT2D eigenvalue weighted by atomic mass is 10.1. The number of hydrogen-bond acceptors (Lipinski definition) is 2. The van der Waals surface area contributed by atoms with Crippen LogP contribution in [0.5, 0.6) is 0 Å². The number of carbonyl (C=O) groups is 1. The molecule has 0 fully saturated rings. The van der Waals surface area contributed by atoms with Crippen LogP contribution in [0.4, 0.5) is 0 Å². The first-order valence-corrected chi connectivity index (χ1v) is 5.56. The molecule has 16 heavy (non-hydrogen) atoms. The molecule has 0 amide bonds. The molecule has 0 aliphatic heterocycles. The van der Waals surface area contributed by atoms with E-state index in [2.05, 4.69) is 0 Å². The fourth-order valence-electron chi connectivity index (χ4n) is 1.52. The van der Waals surface area contributed by atoms with Crippen LogP contribution >= 0.6 is 11.6 Å². The second-order valence-corrected chi connectivity index (χ2v) is 4.23. The van der Waals surface area contributed by atoms with Gasteiger partial charge in [-0.05, 0) is 25.6 Å². The van der Waals surface area contributed by atoms with Crippen molar-refractivity contribution in [2.24, 2.45) is 0 Å². The molecule has 0 aromatic heterocycles. The maximum atomic E-state index is 10.5. The average molecular weight is 242 g/mol. The minimum absolute atomic E-state index is 0.119. The van der Waals surface area contributed by atoms with E-state index < -0.39 is 5.97 Å². The fourth-order valence-corrected chi connectivity index (χ4v) is 1.81. The van der Waals surface area contributed by atoms with E-state index >= 15 is 0 Å². The molecule has 88 valence electrons. The van der Waals surface area contributed by atoms with Crippen molar-refractivity contribution in [1.29, 1.82) is 0 Å². The van der Waals surface area contributed by atoms with Crippen molar-refractivity contribution >= 4 is 17.6 Å². The Hall–Kier alpha value is -1.06. The second kappa shape index (κ2) is 5.87. The zero-order valence-electron chi connectivity index (χ0n) is 9.48. The Labute approximate surface area is 101 Å². The molecule has 0 saturated heterocycles. The zero-order valence-corrected chi connectivity index (χ0v) is 10.2. The van der Waals surface area contributed by atoms with E-state index in [1.54, 1.807) is 0 Å². The smallest absolute Gasteiger partial charge is 0.304 e. The highest BCUT2D eigenvalue weighted by Crippen LogP contribution is 2.25. The summed E-state index contributed by atoms with van der Waals surface area (Å²) >= 11 is 6.08. The minimum Gasteiger partial charge on any atom is -0.481 e. The summed E-state index contributed by atoms with van der Waals surface area (Å²) in [5.74, 6) is -0.779. The van der Waals surface area contributed by atoms with E-state index in [0.29, 0.717) is 6.54 Å². The predicted octanol–water partition coefficient (Wildman–Crippen LogP) is 2.81. The topological polar surface area (TPSA) is 40.5 Å². The van der Waals surface area contributed by atoms with Crippen molar-refractivity contribution in [2.45, 2.75) is 19.4 Å². The van der Waals surface area contributed by atoms with Gasteiger partial charge in [0.25, 0.3) is 0 Å². The molecule has 0 aliphatic rings. The van der Waals surface area contributed by atoms with Gasteiger partial charge in [-0.15, -0.1) is 0 Å². The van der Waals surface area contributed by atoms with Crippen molar-refractivity contribution in [2.75, 3.05) is 13.6 Å². The van der Waals surface area contributed by atoms with Gasteiger partial charge in [-0.1, -0.05) is 29.8 Å². The summed E-state index contributed by atoms with van der Waals surface area (Å²) in [5, 5.41) is 9.34. The van der Waals surface area contributed by atoms with Gasteiger partial charge in [-0.25, -0.2) is 0 Å². The monoisotopic (exact) mass is 241 g/mol. The van der Waals surface area contributed by atoms with Gasteiger partial charge < -0.3 is 5.11 Å². The van der Waals surface area contributed by atoms with Crippen LogP contribution < -0.4 is 0 Å². The molecule has 3 nitrogen and oxygen atoms in total. The summed E-state index contributed by atoms with van der Waals surface area (Å²) in [6.07, 6.45) is 0.144. The Morgan fingerprint density at radius 1 is 1.50 bits per heavy atom. The zero-order chi connectivity index (χ0) is 12.1. The highest BCUT2D eigenvalue weighted by molar-refractivity contribution is 6.31. The fraction of sp³-hybridized carbons (Fsp3) is 0.417. The molecule has 1 atom stereocenters. The number of hydrogen-bond donors (Lipinski definition) is 1. The van der Waals surface area contributed by atoms with Crippen molar-refractivity contribution < 1.29 is 9.90 Å². The number of aliphatic carboxylic acids is 1. The number of carboxylic acids is 1. The van der Waals surface area contributed by atoms with Gasteiger partial charge in [0, 0.05) is 17.6 Å². The standard InChI is InChI=1S/C12H16ClNO2/c1-9(14(2)8-7-12(15)16)10-5-3-4-6-11(10)13/h3-6,9H,7-8H2,1-2H3,(H,15,16). The van der Waals surface area contributed by atoms with Gasteiger partial charge in [0.05, 0.1) is 6.42 Å². The van der Waals surface area contributed by atoms with Crippen molar-refractivity contribution in [3.05, 3.63) is 34.9 Å². The first-order valence-electron chi connectivity index (χ1n) is 5.19. The summed E-state index contributed by atoms with van der Waals surface area (Å²) in [7, 11) is 1.90. The van der Waals surface area contributed by atoms with Gasteiger partial charge in [-0.2, -0.15) is 0 Å². The van der Waals surface area contributed by atoms with Gasteiger partial charge in [0.1, 0.15) is 0 Å². The number of nitrogens with zero attached hydrogens (tertiary/aromatic N) is 1. The summed E-state index contributed by atoms with van der Waals surface area (Å²) in [4.78, 5) is 12.5. The lowest BCUT2D eigenvalue weighted by molar-refractivity contribution is -0.137. The van der Waals surface area contributed by atoms with Crippen molar-refractivity contribution in [1.82, 2.24) is 4.90 Å². The van der Waals surface area contributed by atoms with E-state index in [9.17, 15) is 4.79 Å². The number of benzene rings is 1. The van der Waals surface area contributed by atoms with Crippen LogP contribution in [0.15, 0.2) is 24.3 Å². The normalized spacial score (nSPS) is 12.8. The number of rotatable bonds is 5. The maximum absolute atomic E-state index is 10.5. The van der Waals surface area contributed by atoms with Crippen LogP contribution in [0, 0.1) is 0 Å². The molecule has 4 heteroatoms. The molecule has 1 aromatic carbocycles. The maximum Gasteiger partial charge on any atom is 0.304 e. The molecule has 1 rings (SSSR count). The first kappa shape index (κ1) is 13.0. The predicted molar refractivity (Wildman–Crippen MR) is 64.7 cm³/mol. The van der Waals surface area contributed by atoms with E-state index in [1.165, 1.54) is 0 Å². The molecule has 0 heterocycles. The molecule has 0 bridgehead atoms. The molecule has 0 aliphatic carbocycles. The third-order valence-electron chi connectivity index (χ3n) is 2.69. The van der Waals surface area contributed by atoms with Crippen LogP contribution in [-0.2, 0) is 4.79 Å². The Kier molecular flexibility index (Phi) is 4.77. The summed E-state index contributed by atoms with van der Waals surface area (Å²) in [6, 6.07) is 7.74. The van der Waals surface area contributed by atoms with Gasteiger partial charge in [0.15, 0.2) is 0 Å². The van der Waals surface area contributed by atoms with Crippen LogP contribution in [0.3, 0.4) is 0 Å². The Morgan fingerprint density at radius 3 is 2.69 bits per heavy atom. The third-order valence-corrected chi connectivity index (χ3v) is 3.04. The highest BCUT2D eigenvalue weighted by atomic mass is 35.5. The Balaban J connectivity index is 2.66. The lowest BCUT2D eigenvalue weighted by Gasteiger charge is -2.25. The molecular weight excluding hydrogens is 226 g/mol. The molecule has 0 radical (unpaired) electrons. The van der Waals surface area contributed by atoms with Crippen molar-refractivity contribution in [3.8, 4) is 0 Å². The van der Waals surface area contributed by atoms with E-state index in [4.69, 9.17) is 16.7 Å². The molecule has 1 aromatic rings. The molecule has 0 spiro atoms. The van der Waals surface area contributed by atoms with Gasteiger partial charge in [0.2, 0.25) is 0 Å². The highest BCUT2D eigenvalue weighted by Gasteiger charge is 2.14. The van der Waals surface area contributed by atoms with Gasteiger partial charge >= 0.3 is 5.97 Å². The largest absolute Gasteiger partial charge is 0.481 e. The quantitative estimate of drug-likeness (QED) is 0.862. The van der Waals surface area contributed by atoms with Crippen LogP contribution in [0.2, 0.25) is 5.02 Å². The average Bonchev–Trinajstić information content (AvgIpc) is 2.25. The summed E-state index contributed by atoms with van der Waals surface area (Å²) in [6.45, 7) is 2.53.